The molecule has 1 amide bonds. The minimum atomic E-state index is -3.10. The van der Waals surface area contributed by atoms with E-state index in [2.05, 4.69) is 5.32 Å². The van der Waals surface area contributed by atoms with Gasteiger partial charge >= 0.3 is 6.09 Å². The number of rotatable bonds is 5. The van der Waals surface area contributed by atoms with E-state index in [0.717, 1.165) is 6.26 Å². The number of aliphatic hydroxyl groups is 1. The van der Waals surface area contributed by atoms with Crippen LogP contribution in [0, 0.1) is 0 Å². The first-order chi connectivity index (χ1) is 7.53. The van der Waals surface area contributed by atoms with Crippen LogP contribution in [-0.4, -0.2) is 49.9 Å². The van der Waals surface area contributed by atoms with E-state index in [4.69, 9.17) is 9.84 Å². The van der Waals surface area contributed by atoms with E-state index in [1.807, 2.05) is 0 Å². The molecule has 0 heterocycles. The Hall–Kier alpha value is -0.820. The van der Waals surface area contributed by atoms with Crippen molar-refractivity contribution in [2.24, 2.45) is 0 Å². The van der Waals surface area contributed by atoms with Crippen LogP contribution >= 0.6 is 0 Å². The summed E-state index contributed by atoms with van der Waals surface area (Å²) in [6.45, 7) is 4.83. The minimum Gasteiger partial charge on any atom is -0.444 e. The van der Waals surface area contributed by atoms with Gasteiger partial charge in [0.2, 0.25) is 0 Å². The maximum absolute atomic E-state index is 11.4. The number of ether oxygens (including phenoxy) is 1. The standard InChI is InChI=1S/C10H21NO5S/c1-10(2,3)16-9(13)11-8(7-12)5-6-17(4,14)15/h8,12H,5-7H2,1-4H3,(H,11,13)/t8-/m0/s1. The van der Waals surface area contributed by atoms with Gasteiger partial charge in [-0.1, -0.05) is 0 Å². The first-order valence-electron chi connectivity index (χ1n) is 5.31. The topological polar surface area (TPSA) is 92.7 Å². The van der Waals surface area contributed by atoms with Gasteiger partial charge in [-0.05, 0) is 27.2 Å². The van der Waals surface area contributed by atoms with Gasteiger partial charge in [-0.3, -0.25) is 0 Å². The van der Waals surface area contributed by atoms with Crippen LogP contribution in [0.5, 0.6) is 0 Å². The van der Waals surface area contributed by atoms with E-state index >= 15 is 0 Å². The predicted molar refractivity (Wildman–Crippen MR) is 64.6 cm³/mol. The largest absolute Gasteiger partial charge is 0.444 e. The second-order valence-electron chi connectivity index (χ2n) is 4.94. The summed E-state index contributed by atoms with van der Waals surface area (Å²) in [6.07, 6.45) is 0.605. The molecule has 102 valence electrons. The summed E-state index contributed by atoms with van der Waals surface area (Å²) in [5.74, 6) is -0.0893. The van der Waals surface area contributed by atoms with Crippen molar-refractivity contribution in [1.29, 1.82) is 0 Å². The molecule has 0 aromatic heterocycles. The second-order valence-corrected chi connectivity index (χ2v) is 7.20. The fraction of sp³-hybridized carbons (Fsp3) is 0.900. The van der Waals surface area contributed by atoms with E-state index in [1.54, 1.807) is 20.8 Å². The molecule has 0 unspecified atom stereocenters. The zero-order valence-corrected chi connectivity index (χ0v) is 11.5. The van der Waals surface area contributed by atoms with Crippen molar-refractivity contribution in [2.45, 2.75) is 38.8 Å². The number of carbonyl (C=O) groups excluding carboxylic acids is 1. The smallest absolute Gasteiger partial charge is 0.407 e. The molecular formula is C10H21NO5S. The van der Waals surface area contributed by atoms with Gasteiger partial charge in [-0.25, -0.2) is 13.2 Å². The molecule has 0 saturated heterocycles. The van der Waals surface area contributed by atoms with E-state index in [-0.39, 0.29) is 18.8 Å². The Labute approximate surface area is 102 Å². The lowest BCUT2D eigenvalue weighted by Gasteiger charge is -2.22. The highest BCUT2D eigenvalue weighted by Crippen LogP contribution is 2.07. The van der Waals surface area contributed by atoms with Crippen LogP contribution in [0.3, 0.4) is 0 Å². The maximum Gasteiger partial charge on any atom is 0.407 e. The highest BCUT2D eigenvalue weighted by atomic mass is 32.2. The van der Waals surface area contributed by atoms with Crippen molar-refractivity contribution in [3.8, 4) is 0 Å². The first kappa shape index (κ1) is 16.2. The molecule has 6 nitrogen and oxygen atoms in total. The van der Waals surface area contributed by atoms with Gasteiger partial charge in [-0.2, -0.15) is 0 Å². The van der Waals surface area contributed by atoms with E-state index < -0.39 is 27.6 Å². The molecule has 17 heavy (non-hydrogen) atoms. The van der Waals surface area contributed by atoms with Crippen molar-refractivity contribution in [3.05, 3.63) is 0 Å². The number of alkyl carbamates (subject to hydrolysis) is 1. The van der Waals surface area contributed by atoms with E-state index in [9.17, 15) is 13.2 Å². The zero-order chi connectivity index (χ0) is 13.7. The van der Waals surface area contributed by atoms with Crippen LogP contribution < -0.4 is 5.32 Å². The van der Waals surface area contributed by atoms with Gasteiger partial charge in [0.15, 0.2) is 0 Å². The first-order valence-corrected chi connectivity index (χ1v) is 7.37. The third-order valence-electron chi connectivity index (χ3n) is 1.78. The van der Waals surface area contributed by atoms with Gasteiger partial charge < -0.3 is 15.2 Å². The summed E-state index contributed by atoms with van der Waals surface area (Å²) in [5, 5.41) is 11.4. The predicted octanol–water partition coefficient (Wildman–Crippen LogP) is 0.307. The van der Waals surface area contributed by atoms with Gasteiger partial charge in [0.05, 0.1) is 18.4 Å². The molecule has 0 fully saturated rings. The van der Waals surface area contributed by atoms with Crippen molar-refractivity contribution in [3.63, 3.8) is 0 Å². The Bertz CT molecular complexity index is 344. The highest BCUT2D eigenvalue weighted by molar-refractivity contribution is 7.90. The summed E-state index contributed by atoms with van der Waals surface area (Å²) in [7, 11) is -3.10. The summed E-state index contributed by atoms with van der Waals surface area (Å²) in [4.78, 5) is 11.4. The third-order valence-corrected chi connectivity index (χ3v) is 2.76. The monoisotopic (exact) mass is 267 g/mol. The second kappa shape index (κ2) is 6.20. The molecule has 7 heteroatoms. The quantitative estimate of drug-likeness (QED) is 0.747. The lowest BCUT2D eigenvalue weighted by molar-refractivity contribution is 0.0481. The van der Waals surface area contributed by atoms with Crippen LogP contribution in [0.2, 0.25) is 0 Å². The van der Waals surface area contributed by atoms with Crippen LogP contribution in [-0.2, 0) is 14.6 Å². The molecule has 0 bridgehead atoms. The Balaban J connectivity index is 4.18. The Kier molecular flexibility index (Phi) is 5.91. The summed E-state index contributed by atoms with van der Waals surface area (Å²) in [6, 6.07) is -0.612. The van der Waals surface area contributed by atoms with E-state index in [0.29, 0.717) is 0 Å². The molecule has 0 rings (SSSR count). The van der Waals surface area contributed by atoms with Gasteiger partial charge in [0.25, 0.3) is 0 Å². The fourth-order valence-corrected chi connectivity index (χ4v) is 1.75. The molecular weight excluding hydrogens is 246 g/mol. The number of amides is 1. The molecule has 2 N–H and O–H groups in total. The normalized spacial score (nSPS) is 14.2. The van der Waals surface area contributed by atoms with Crippen molar-refractivity contribution in [2.75, 3.05) is 18.6 Å². The number of nitrogens with one attached hydrogen (secondary N) is 1. The minimum absolute atomic E-state index is 0.0893. The number of carbonyl (C=O) groups is 1. The van der Waals surface area contributed by atoms with Crippen LogP contribution in [0.15, 0.2) is 0 Å². The Morgan fingerprint density at radius 2 is 1.94 bits per heavy atom. The van der Waals surface area contributed by atoms with Gasteiger partial charge in [-0.15, -0.1) is 0 Å². The van der Waals surface area contributed by atoms with Crippen LogP contribution in [0.1, 0.15) is 27.2 Å². The SMILES string of the molecule is CC(C)(C)OC(=O)N[C@H](CO)CCS(C)(=O)=O. The Morgan fingerprint density at radius 3 is 2.29 bits per heavy atom. The van der Waals surface area contributed by atoms with Crippen LogP contribution in [0.4, 0.5) is 4.79 Å². The molecule has 0 spiro atoms. The van der Waals surface area contributed by atoms with Gasteiger partial charge in [0, 0.05) is 6.26 Å². The average Bonchev–Trinajstić information content (AvgIpc) is 2.07. The number of aliphatic hydroxyl groups excluding tert-OH is 1. The van der Waals surface area contributed by atoms with Crippen molar-refractivity contribution >= 4 is 15.9 Å². The molecule has 0 aliphatic heterocycles. The molecule has 0 aromatic carbocycles. The molecule has 0 aromatic rings. The number of hydrogen-bond acceptors (Lipinski definition) is 5. The van der Waals surface area contributed by atoms with Crippen molar-refractivity contribution < 1.29 is 23.1 Å². The van der Waals surface area contributed by atoms with Gasteiger partial charge in [0.1, 0.15) is 15.4 Å². The molecule has 1 atom stereocenters. The summed E-state index contributed by atoms with van der Waals surface area (Å²) in [5.41, 5.74) is -0.624. The highest BCUT2D eigenvalue weighted by Gasteiger charge is 2.19. The average molecular weight is 267 g/mol. The number of sulfone groups is 1. The molecule has 0 aliphatic rings. The third kappa shape index (κ3) is 10.1. The number of hydrogen-bond donors (Lipinski definition) is 2. The molecule has 0 aliphatic carbocycles. The van der Waals surface area contributed by atoms with Crippen LogP contribution in [0.25, 0.3) is 0 Å². The van der Waals surface area contributed by atoms with Crippen molar-refractivity contribution in [1.82, 2.24) is 5.32 Å². The Morgan fingerprint density at radius 1 is 1.41 bits per heavy atom. The zero-order valence-electron chi connectivity index (χ0n) is 10.7. The lowest BCUT2D eigenvalue weighted by Crippen LogP contribution is -2.41. The lowest BCUT2D eigenvalue weighted by atomic mass is 10.2. The fourth-order valence-electron chi connectivity index (χ4n) is 1.04. The summed E-state index contributed by atoms with van der Waals surface area (Å²) >= 11 is 0. The van der Waals surface area contributed by atoms with E-state index in [1.165, 1.54) is 0 Å². The maximum atomic E-state index is 11.4. The molecule has 0 radical (unpaired) electrons. The molecule has 0 saturated carbocycles. The summed E-state index contributed by atoms with van der Waals surface area (Å²) < 4.78 is 26.9.